The van der Waals surface area contributed by atoms with Gasteiger partial charge in [0, 0.05) is 5.56 Å². The summed E-state index contributed by atoms with van der Waals surface area (Å²) >= 11 is 0. The van der Waals surface area contributed by atoms with Crippen LogP contribution in [0, 0.1) is 5.82 Å². The van der Waals surface area contributed by atoms with Crippen molar-refractivity contribution in [2.75, 3.05) is 7.11 Å². The minimum atomic E-state index is -0.455. The topological polar surface area (TPSA) is 26.3 Å². The Morgan fingerprint density at radius 2 is 1.42 bits per heavy atom. The average molecular weight is 445 g/mol. The van der Waals surface area contributed by atoms with E-state index < -0.39 is 5.82 Å². The number of halogens is 1. The van der Waals surface area contributed by atoms with Gasteiger partial charge in [0.1, 0.15) is 11.6 Å². The summed E-state index contributed by atoms with van der Waals surface area (Å²) in [5, 5.41) is 0. The number of methoxy groups -OCH3 is 1. The van der Waals surface area contributed by atoms with Gasteiger partial charge in [-0.15, -0.1) is 0 Å². The van der Waals surface area contributed by atoms with Crippen LogP contribution in [0.4, 0.5) is 4.39 Å². The first kappa shape index (κ1) is 24.4. The molecule has 0 fully saturated rings. The second kappa shape index (κ2) is 9.35. The molecule has 0 atom stereocenters. The van der Waals surface area contributed by atoms with Gasteiger partial charge in [-0.3, -0.25) is 4.79 Å². The van der Waals surface area contributed by atoms with Crippen molar-refractivity contribution in [2.45, 2.75) is 52.4 Å². The third-order valence-corrected chi connectivity index (χ3v) is 5.75. The normalized spacial score (nSPS) is 12.2. The Kier molecular flexibility index (Phi) is 6.92. The van der Waals surface area contributed by atoms with E-state index in [0.29, 0.717) is 11.3 Å². The highest BCUT2D eigenvalue weighted by molar-refractivity contribution is 6.09. The molecule has 0 heterocycles. The molecule has 3 rings (SSSR count). The maximum atomic E-state index is 14.9. The molecule has 3 aromatic carbocycles. The first-order chi connectivity index (χ1) is 15.4. The van der Waals surface area contributed by atoms with Crippen molar-refractivity contribution in [2.24, 2.45) is 0 Å². The van der Waals surface area contributed by atoms with Crippen LogP contribution in [-0.4, -0.2) is 12.9 Å². The molecule has 0 aliphatic heterocycles. The highest BCUT2D eigenvalue weighted by atomic mass is 19.1. The summed E-state index contributed by atoms with van der Waals surface area (Å²) in [6.07, 6.45) is 3.29. The predicted octanol–water partition coefficient (Wildman–Crippen LogP) is 7.99. The maximum absolute atomic E-state index is 14.9. The lowest BCUT2D eigenvalue weighted by Crippen LogP contribution is -2.16. The molecule has 0 bridgehead atoms. The van der Waals surface area contributed by atoms with E-state index in [1.807, 2.05) is 30.3 Å². The summed E-state index contributed by atoms with van der Waals surface area (Å²) in [6.45, 7) is 13.1. The Bertz CT molecular complexity index is 1140. The van der Waals surface area contributed by atoms with Crippen molar-refractivity contribution in [3.63, 3.8) is 0 Å². The zero-order chi connectivity index (χ0) is 24.4. The lowest BCUT2D eigenvalue weighted by molar-refractivity contribution is 0.104. The Hall–Kier alpha value is -3.20. The van der Waals surface area contributed by atoms with Gasteiger partial charge < -0.3 is 4.74 Å². The summed E-state index contributed by atoms with van der Waals surface area (Å²) in [7, 11) is 1.49. The zero-order valence-electron chi connectivity index (χ0n) is 20.6. The number of benzene rings is 3. The molecule has 0 amide bonds. The SMILES string of the molecule is COc1cc(-c2ccccc2)c(F)cc1C(=O)/C=C/c1cc(C(C)(C)C)cc(C(C)(C)C)c1. The first-order valence-corrected chi connectivity index (χ1v) is 11.2. The Balaban J connectivity index is 1.99. The number of carbonyl (C=O) groups excluding carboxylic acids is 1. The van der Waals surface area contributed by atoms with Crippen LogP contribution in [0.1, 0.15) is 68.6 Å². The quantitative estimate of drug-likeness (QED) is 0.294. The third kappa shape index (κ3) is 5.78. The van der Waals surface area contributed by atoms with Crippen LogP contribution < -0.4 is 4.74 Å². The van der Waals surface area contributed by atoms with Crippen LogP contribution in [0.15, 0.2) is 66.7 Å². The Morgan fingerprint density at radius 1 is 0.848 bits per heavy atom. The number of hydrogen-bond acceptors (Lipinski definition) is 2. The van der Waals surface area contributed by atoms with E-state index in [2.05, 4.69) is 59.7 Å². The largest absolute Gasteiger partial charge is 0.496 e. The molecule has 0 saturated heterocycles. The van der Waals surface area contributed by atoms with Gasteiger partial charge >= 0.3 is 0 Å². The fourth-order valence-corrected chi connectivity index (χ4v) is 3.63. The molecule has 0 saturated carbocycles. The molecule has 0 spiro atoms. The number of hydrogen-bond donors (Lipinski definition) is 0. The number of ether oxygens (including phenoxy) is 1. The minimum absolute atomic E-state index is 0.0204. The van der Waals surface area contributed by atoms with E-state index in [1.54, 1.807) is 12.1 Å². The van der Waals surface area contributed by atoms with Crippen molar-refractivity contribution in [3.8, 4) is 16.9 Å². The molecule has 3 heteroatoms. The standard InChI is InChI=1S/C30H33FO2/c1-29(2,3)22-15-20(16-23(17-22)30(4,5)6)13-14-27(32)25-18-26(31)24(19-28(25)33-7)21-11-9-8-10-12-21/h8-19H,1-7H3/b14-13+. The molecule has 0 unspecified atom stereocenters. The van der Waals surface area contributed by atoms with Crippen LogP contribution in [0.3, 0.4) is 0 Å². The van der Waals surface area contributed by atoms with Crippen LogP contribution in [0.5, 0.6) is 5.75 Å². The van der Waals surface area contributed by atoms with Crippen LogP contribution in [-0.2, 0) is 10.8 Å². The Morgan fingerprint density at radius 3 is 1.94 bits per heavy atom. The number of rotatable bonds is 5. The van der Waals surface area contributed by atoms with Crippen LogP contribution in [0.2, 0.25) is 0 Å². The van der Waals surface area contributed by atoms with Gasteiger partial charge in [0.15, 0.2) is 5.78 Å². The lowest BCUT2D eigenvalue weighted by Gasteiger charge is -2.25. The molecule has 0 N–H and O–H groups in total. The number of ketones is 1. The van der Waals surface area contributed by atoms with Crippen molar-refractivity contribution >= 4 is 11.9 Å². The number of carbonyl (C=O) groups is 1. The van der Waals surface area contributed by atoms with Gasteiger partial charge in [0.2, 0.25) is 0 Å². The molecule has 3 aromatic rings. The predicted molar refractivity (Wildman–Crippen MR) is 136 cm³/mol. The van der Waals surface area contributed by atoms with Gasteiger partial charge in [-0.1, -0.05) is 96.1 Å². The first-order valence-electron chi connectivity index (χ1n) is 11.2. The van der Waals surface area contributed by atoms with Crippen LogP contribution in [0.25, 0.3) is 17.2 Å². The lowest BCUT2D eigenvalue weighted by atomic mass is 9.79. The van der Waals surface area contributed by atoms with Gasteiger partial charge in [-0.25, -0.2) is 4.39 Å². The van der Waals surface area contributed by atoms with E-state index in [4.69, 9.17) is 4.74 Å². The van der Waals surface area contributed by atoms with E-state index in [1.165, 1.54) is 30.4 Å². The fourth-order valence-electron chi connectivity index (χ4n) is 3.63. The second-order valence-corrected chi connectivity index (χ2v) is 10.4. The van der Waals surface area contributed by atoms with Crippen molar-refractivity contribution in [3.05, 3.63) is 94.8 Å². The highest BCUT2D eigenvalue weighted by Crippen LogP contribution is 2.32. The summed E-state index contributed by atoms with van der Waals surface area (Å²) in [6, 6.07) is 18.5. The second-order valence-electron chi connectivity index (χ2n) is 10.4. The summed E-state index contributed by atoms with van der Waals surface area (Å²) in [4.78, 5) is 13.0. The molecular formula is C30H33FO2. The van der Waals surface area contributed by atoms with Gasteiger partial charge in [0.25, 0.3) is 0 Å². The molecule has 0 aromatic heterocycles. The molecule has 0 aliphatic rings. The van der Waals surface area contributed by atoms with Crippen molar-refractivity contribution < 1.29 is 13.9 Å². The van der Waals surface area contributed by atoms with Crippen molar-refractivity contribution in [1.82, 2.24) is 0 Å². The molecule has 33 heavy (non-hydrogen) atoms. The summed E-state index contributed by atoms with van der Waals surface area (Å²) < 4.78 is 20.4. The summed E-state index contributed by atoms with van der Waals surface area (Å²) in [5.74, 6) is -0.406. The van der Waals surface area contributed by atoms with E-state index in [-0.39, 0.29) is 22.2 Å². The maximum Gasteiger partial charge on any atom is 0.189 e. The number of allylic oxidation sites excluding steroid dienone is 1. The highest BCUT2D eigenvalue weighted by Gasteiger charge is 2.20. The molecule has 2 nitrogen and oxygen atoms in total. The van der Waals surface area contributed by atoms with Crippen molar-refractivity contribution in [1.29, 1.82) is 0 Å². The van der Waals surface area contributed by atoms with Gasteiger partial charge in [0.05, 0.1) is 12.7 Å². The van der Waals surface area contributed by atoms with Gasteiger partial charge in [-0.05, 0) is 51.3 Å². The van der Waals surface area contributed by atoms with Crippen LogP contribution >= 0.6 is 0 Å². The Labute approximate surface area is 197 Å². The molecule has 0 radical (unpaired) electrons. The zero-order valence-corrected chi connectivity index (χ0v) is 20.6. The average Bonchev–Trinajstić information content (AvgIpc) is 2.76. The molecule has 0 aliphatic carbocycles. The van der Waals surface area contributed by atoms with E-state index >= 15 is 0 Å². The smallest absolute Gasteiger partial charge is 0.189 e. The minimum Gasteiger partial charge on any atom is -0.496 e. The van der Waals surface area contributed by atoms with Gasteiger partial charge in [-0.2, -0.15) is 0 Å². The third-order valence-electron chi connectivity index (χ3n) is 5.75. The molecule has 172 valence electrons. The summed E-state index contributed by atoms with van der Waals surface area (Å²) in [5.41, 5.74) is 4.66. The van der Waals surface area contributed by atoms with E-state index in [0.717, 1.165) is 11.1 Å². The monoisotopic (exact) mass is 444 g/mol. The van der Waals surface area contributed by atoms with E-state index in [9.17, 15) is 9.18 Å². The fraction of sp³-hybridized carbons (Fsp3) is 0.300. The molecular weight excluding hydrogens is 411 g/mol.